The first-order chi connectivity index (χ1) is 14.4. The smallest absolute Gasteiger partial charge is 0.269 e. The molecule has 0 atom stereocenters. The molecule has 2 amide bonds. The third-order valence-corrected chi connectivity index (χ3v) is 4.21. The van der Waals surface area contributed by atoms with Crippen LogP contribution in [0.25, 0.3) is 0 Å². The summed E-state index contributed by atoms with van der Waals surface area (Å²) in [6.07, 6.45) is 0.562. The van der Waals surface area contributed by atoms with Gasteiger partial charge in [-0.2, -0.15) is 0 Å². The lowest BCUT2D eigenvalue weighted by Gasteiger charge is -2.15. The van der Waals surface area contributed by atoms with E-state index in [0.29, 0.717) is 35.0 Å². The molecule has 0 fully saturated rings. The molecular formula is C22H28N2O6. The Bertz CT molecular complexity index is 882. The van der Waals surface area contributed by atoms with Crippen LogP contribution in [0.15, 0.2) is 36.4 Å². The molecular weight excluding hydrogens is 388 g/mol. The summed E-state index contributed by atoms with van der Waals surface area (Å²) in [5, 5.41) is 0. The Kier molecular flexibility index (Phi) is 8.34. The molecule has 2 N–H and O–H groups in total. The van der Waals surface area contributed by atoms with Gasteiger partial charge in [0.1, 0.15) is 0 Å². The maximum atomic E-state index is 12.4. The van der Waals surface area contributed by atoms with Gasteiger partial charge in [-0.3, -0.25) is 20.4 Å². The van der Waals surface area contributed by atoms with Crippen LogP contribution in [0.5, 0.6) is 23.0 Å². The maximum absolute atomic E-state index is 12.4. The number of para-hydroxylation sites is 1. The molecule has 8 heteroatoms. The number of nitrogens with one attached hydrogen (secondary N) is 2. The second-order valence-corrected chi connectivity index (χ2v) is 6.69. The van der Waals surface area contributed by atoms with Crippen LogP contribution in [0, 0.1) is 0 Å². The first-order valence-corrected chi connectivity index (χ1v) is 9.53. The third kappa shape index (κ3) is 6.04. The number of aryl methyl sites for hydroxylation is 1. The van der Waals surface area contributed by atoms with Crippen LogP contribution in [0.1, 0.15) is 36.2 Å². The summed E-state index contributed by atoms with van der Waals surface area (Å²) in [7, 11) is 4.60. The Balaban J connectivity index is 1.93. The molecule has 0 aliphatic heterocycles. The molecule has 2 aromatic rings. The number of rotatable bonds is 9. The van der Waals surface area contributed by atoms with Crippen LogP contribution < -0.4 is 29.8 Å². The zero-order chi connectivity index (χ0) is 22.1. The normalized spacial score (nSPS) is 10.3. The van der Waals surface area contributed by atoms with Crippen molar-refractivity contribution in [3.8, 4) is 23.0 Å². The van der Waals surface area contributed by atoms with Crippen molar-refractivity contribution in [2.75, 3.05) is 21.3 Å². The number of amides is 2. The van der Waals surface area contributed by atoms with Crippen LogP contribution >= 0.6 is 0 Å². The van der Waals surface area contributed by atoms with Crippen LogP contribution in [-0.2, 0) is 11.2 Å². The summed E-state index contributed by atoms with van der Waals surface area (Å²) in [5.74, 6) is 1.37. The molecule has 0 aliphatic rings. The molecule has 0 spiro atoms. The zero-order valence-electron chi connectivity index (χ0n) is 17.9. The average Bonchev–Trinajstić information content (AvgIpc) is 2.75. The van der Waals surface area contributed by atoms with Gasteiger partial charge in [0.15, 0.2) is 23.0 Å². The van der Waals surface area contributed by atoms with E-state index < -0.39 is 5.91 Å². The number of methoxy groups -OCH3 is 3. The molecule has 30 heavy (non-hydrogen) atoms. The van der Waals surface area contributed by atoms with Crippen LogP contribution in [-0.4, -0.2) is 39.2 Å². The van der Waals surface area contributed by atoms with E-state index in [9.17, 15) is 9.59 Å². The summed E-state index contributed by atoms with van der Waals surface area (Å²) in [6.45, 7) is 3.80. The molecule has 8 nitrogen and oxygen atoms in total. The van der Waals surface area contributed by atoms with Gasteiger partial charge in [-0.1, -0.05) is 12.1 Å². The summed E-state index contributed by atoms with van der Waals surface area (Å²) in [4.78, 5) is 24.5. The minimum atomic E-state index is -0.461. The minimum Gasteiger partial charge on any atom is -0.493 e. The Morgan fingerprint density at radius 1 is 0.900 bits per heavy atom. The molecule has 0 unspecified atom stereocenters. The largest absolute Gasteiger partial charge is 0.493 e. The van der Waals surface area contributed by atoms with Crippen molar-refractivity contribution in [3.63, 3.8) is 0 Å². The molecule has 0 saturated heterocycles. The number of carbonyl (C=O) groups is 2. The number of benzene rings is 2. The molecule has 0 bridgehead atoms. The van der Waals surface area contributed by atoms with E-state index in [2.05, 4.69) is 10.9 Å². The van der Waals surface area contributed by atoms with Crippen molar-refractivity contribution < 1.29 is 28.5 Å². The van der Waals surface area contributed by atoms with E-state index in [4.69, 9.17) is 18.9 Å². The molecule has 2 aromatic carbocycles. The maximum Gasteiger partial charge on any atom is 0.269 e. The van der Waals surface area contributed by atoms with Crippen LogP contribution in [0.4, 0.5) is 0 Å². The third-order valence-electron chi connectivity index (χ3n) is 4.21. The van der Waals surface area contributed by atoms with Gasteiger partial charge in [-0.05, 0) is 50.1 Å². The molecule has 0 radical (unpaired) electrons. The minimum absolute atomic E-state index is 0.0268. The van der Waals surface area contributed by atoms with Crippen molar-refractivity contribution >= 4 is 11.8 Å². The quantitative estimate of drug-likeness (QED) is 0.611. The number of ether oxygens (including phenoxy) is 4. The standard InChI is InChI=1S/C22H28N2O6/c1-14(2)30-17-11-9-16(13-19(17)28-4)22(26)24-23-20(25)12-10-15-7-6-8-18(27-3)21(15)29-5/h6-9,11,13-14H,10,12H2,1-5H3,(H,23,25)(H,24,26). The number of hydrazine groups is 1. The summed E-state index contributed by atoms with van der Waals surface area (Å²) < 4.78 is 21.5. The van der Waals surface area contributed by atoms with Gasteiger partial charge in [0.2, 0.25) is 5.91 Å². The van der Waals surface area contributed by atoms with Gasteiger partial charge in [0.05, 0.1) is 27.4 Å². The van der Waals surface area contributed by atoms with Gasteiger partial charge in [-0.25, -0.2) is 0 Å². The van der Waals surface area contributed by atoms with Gasteiger partial charge >= 0.3 is 0 Å². The topological polar surface area (TPSA) is 95.1 Å². The SMILES string of the molecule is COc1cc(C(=O)NNC(=O)CCc2cccc(OC)c2OC)ccc1OC(C)C. The second-order valence-electron chi connectivity index (χ2n) is 6.69. The lowest BCUT2D eigenvalue weighted by molar-refractivity contribution is -0.121. The highest BCUT2D eigenvalue weighted by Gasteiger charge is 2.14. The van der Waals surface area contributed by atoms with Gasteiger partial charge in [0, 0.05) is 12.0 Å². The Morgan fingerprint density at radius 2 is 1.63 bits per heavy atom. The van der Waals surface area contributed by atoms with E-state index in [1.54, 1.807) is 38.5 Å². The van der Waals surface area contributed by atoms with Crippen molar-refractivity contribution in [1.82, 2.24) is 10.9 Å². The van der Waals surface area contributed by atoms with E-state index >= 15 is 0 Å². The first-order valence-electron chi connectivity index (χ1n) is 9.53. The Morgan fingerprint density at radius 3 is 2.27 bits per heavy atom. The highest BCUT2D eigenvalue weighted by Crippen LogP contribution is 2.31. The van der Waals surface area contributed by atoms with E-state index in [-0.39, 0.29) is 18.4 Å². The van der Waals surface area contributed by atoms with Gasteiger partial charge in [0.25, 0.3) is 5.91 Å². The zero-order valence-corrected chi connectivity index (χ0v) is 17.9. The van der Waals surface area contributed by atoms with Crippen LogP contribution in [0.2, 0.25) is 0 Å². The van der Waals surface area contributed by atoms with Crippen molar-refractivity contribution in [2.45, 2.75) is 32.8 Å². The van der Waals surface area contributed by atoms with Gasteiger partial charge in [-0.15, -0.1) is 0 Å². The lowest BCUT2D eigenvalue weighted by Crippen LogP contribution is -2.41. The van der Waals surface area contributed by atoms with Crippen molar-refractivity contribution in [1.29, 1.82) is 0 Å². The molecule has 0 aromatic heterocycles. The molecule has 162 valence electrons. The molecule has 0 heterocycles. The molecule has 2 rings (SSSR count). The van der Waals surface area contributed by atoms with E-state index in [1.807, 2.05) is 26.0 Å². The number of carbonyl (C=O) groups excluding carboxylic acids is 2. The second kappa shape index (κ2) is 10.9. The first kappa shape index (κ1) is 22.9. The fraction of sp³-hybridized carbons (Fsp3) is 0.364. The Labute approximate surface area is 176 Å². The monoisotopic (exact) mass is 416 g/mol. The van der Waals surface area contributed by atoms with E-state index in [1.165, 1.54) is 7.11 Å². The van der Waals surface area contributed by atoms with E-state index in [0.717, 1.165) is 5.56 Å². The van der Waals surface area contributed by atoms with Gasteiger partial charge < -0.3 is 18.9 Å². The summed E-state index contributed by atoms with van der Waals surface area (Å²) in [6, 6.07) is 10.3. The lowest BCUT2D eigenvalue weighted by atomic mass is 10.1. The van der Waals surface area contributed by atoms with Crippen molar-refractivity contribution in [3.05, 3.63) is 47.5 Å². The molecule has 0 aliphatic carbocycles. The number of hydrogen-bond donors (Lipinski definition) is 2. The number of hydrogen-bond acceptors (Lipinski definition) is 6. The predicted molar refractivity (Wildman–Crippen MR) is 112 cm³/mol. The predicted octanol–water partition coefficient (Wildman–Crippen LogP) is 2.89. The Hall–Kier alpha value is -3.42. The highest BCUT2D eigenvalue weighted by atomic mass is 16.5. The van der Waals surface area contributed by atoms with Crippen LogP contribution in [0.3, 0.4) is 0 Å². The highest BCUT2D eigenvalue weighted by molar-refractivity contribution is 5.96. The average molecular weight is 416 g/mol. The fourth-order valence-corrected chi connectivity index (χ4v) is 2.82. The fourth-order valence-electron chi connectivity index (χ4n) is 2.82. The summed E-state index contributed by atoms with van der Waals surface area (Å²) in [5.41, 5.74) is 5.99. The summed E-state index contributed by atoms with van der Waals surface area (Å²) >= 11 is 0. The molecule has 0 saturated carbocycles. The van der Waals surface area contributed by atoms with Crippen molar-refractivity contribution in [2.24, 2.45) is 0 Å².